The van der Waals surface area contributed by atoms with Gasteiger partial charge >= 0.3 is 0 Å². The maximum absolute atomic E-state index is 9.90. The fourth-order valence-electron chi connectivity index (χ4n) is 2.64. The molecule has 0 aliphatic heterocycles. The molecule has 1 unspecified atom stereocenters. The maximum Gasteiger partial charge on any atom is 0.188 e. The van der Waals surface area contributed by atoms with Gasteiger partial charge in [-0.15, -0.1) is 0 Å². The van der Waals surface area contributed by atoms with Gasteiger partial charge in [-0.3, -0.25) is 0 Å². The van der Waals surface area contributed by atoms with E-state index < -0.39 is 6.49 Å². The van der Waals surface area contributed by atoms with Gasteiger partial charge in [-0.2, -0.15) is 0 Å². The van der Waals surface area contributed by atoms with Crippen LogP contribution in [0.3, 0.4) is 0 Å². The normalized spacial score (nSPS) is 14.3. The van der Waals surface area contributed by atoms with E-state index in [1.165, 1.54) is 83.5 Å². The Morgan fingerprint density at radius 2 is 1.09 bits per heavy atom. The molecule has 1 atom stereocenters. The molecule has 2 nitrogen and oxygen atoms in total. The van der Waals surface area contributed by atoms with Crippen molar-refractivity contribution in [2.45, 2.75) is 116 Å². The van der Waals surface area contributed by atoms with Crippen molar-refractivity contribution in [1.82, 2.24) is 0 Å². The minimum Gasteiger partial charge on any atom is -0.345 e. The van der Waals surface area contributed by atoms with Crippen molar-refractivity contribution < 1.29 is 9.42 Å². The fraction of sp³-hybridized carbons (Fsp3) is 1.00. The van der Waals surface area contributed by atoms with Crippen molar-refractivity contribution >= 4 is 18.3 Å². The van der Waals surface area contributed by atoms with Crippen LogP contribution in [0.1, 0.15) is 111 Å². The van der Waals surface area contributed by atoms with Crippen LogP contribution in [0.5, 0.6) is 0 Å². The van der Waals surface area contributed by atoms with Crippen molar-refractivity contribution in [2.75, 3.05) is 6.61 Å². The summed E-state index contributed by atoms with van der Waals surface area (Å²) in [6, 6.07) is 0. The predicted octanol–water partition coefficient (Wildman–Crippen LogP) is 7.19. The zero-order chi connectivity index (χ0) is 17.4. The fourth-order valence-corrected chi connectivity index (χ4v) is 3.55. The molecule has 0 saturated heterocycles. The summed E-state index contributed by atoms with van der Waals surface area (Å²) in [5.41, 5.74) is 0.0733. The maximum atomic E-state index is 9.90. The van der Waals surface area contributed by atoms with Crippen LogP contribution >= 0.6 is 6.49 Å². The Hall–Kier alpha value is 0.570. The minimum atomic E-state index is -2.52. The number of hydrogen-bond acceptors (Lipinski definition) is 2. The van der Waals surface area contributed by atoms with Crippen LogP contribution in [0.15, 0.2) is 0 Å². The van der Waals surface area contributed by atoms with Crippen molar-refractivity contribution in [3.8, 4) is 0 Å². The van der Waals surface area contributed by atoms with Crippen LogP contribution in [0.25, 0.3) is 0 Å². The Labute approximate surface area is 151 Å². The third kappa shape index (κ3) is 15.8. The molecule has 0 rings (SSSR count). The summed E-state index contributed by atoms with van der Waals surface area (Å²) in [5, 5.41) is 0. The average molecular weight is 365 g/mol. The summed E-state index contributed by atoms with van der Waals surface area (Å²) >= 11 is 5.11. The summed E-state index contributed by atoms with van der Waals surface area (Å²) in [6.07, 6.45) is 19.0. The SMILES string of the molecule is CCCCCCCCCCCCCCCCOP(O)(=S)C(C)C. The quantitative estimate of drug-likeness (QED) is 0.219. The van der Waals surface area contributed by atoms with Gasteiger partial charge in [0, 0.05) is 5.66 Å². The molecule has 0 radical (unpaired) electrons. The first-order valence-electron chi connectivity index (χ1n) is 9.97. The molecule has 0 aliphatic rings. The molecule has 0 amide bonds. The van der Waals surface area contributed by atoms with E-state index in [0.29, 0.717) is 6.61 Å². The van der Waals surface area contributed by atoms with Crippen LogP contribution < -0.4 is 0 Å². The lowest BCUT2D eigenvalue weighted by Gasteiger charge is -2.19. The van der Waals surface area contributed by atoms with Gasteiger partial charge in [0.25, 0.3) is 0 Å². The third-order valence-electron chi connectivity index (χ3n) is 4.43. The summed E-state index contributed by atoms with van der Waals surface area (Å²) < 4.78 is 5.48. The molecule has 0 fully saturated rings. The van der Waals surface area contributed by atoms with Gasteiger partial charge in [0.2, 0.25) is 0 Å². The highest BCUT2D eigenvalue weighted by Crippen LogP contribution is 2.47. The lowest BCUT2D eigenvalue weighted by molar-refractivity contribution is 0.291. The third-order valence-corrected chi connectivity index (χ3v) is 7.87. The molecule has 140 valence electrons. The molecule has 0 aromatic rings. The standard InChI is InChI=1S/C19H41O2PS/c1-4-5-6-7-8-9-10-11-12-13-14-15-16-17-18-21-22(20,23)19(2)3/h19H,4-18H2,1-3H3,(H,20,23). The molecule has 23 heavy (non-hydrogen) atoms. The lowest BCUT2D eigenvalue weighted by Crippen LogP contribution is -2.02. The van der Waals surface area contributed by atoms with E-state index >= 15 is 0 Å². The first-order chi connectivity index (χ1) is 11.0. The largest absolute Gasteiger partial charge is 0.345 e. The molecule has 0 saturated carbocycles. The van der Waals surface area contributed by atoms with Gasteiger partial charge in [0.15, 0.2) is 6.49 Å². The van der Waals surface area contributed by atoms with Gasteiger partial charge in [-0.25, -0.2) is 0 Å². The van der Waals surface area contributed by atoms with Crippen LogP contribution in [0, 0.1) is 0 Å². The molecule has 0 bridgehead atoms. The highest BCUT2D eigenvalue weighted by atomic mass is 32.5. The van der Waals surface area contributed by atoms with E-state index in [1.54, 1.807) is 0 Å². The van der Waals surface area contributed by atoms with Crippen molar-refractivity contribution in [1.29, 1.82) is 0 Å². The number of unbranched alkanes of at least 4 members (excludes halogenated alkanes) is 13. The molecule has 4 heteroatoms. The molecule has 0 aliphatic carbocycles. The van der Waals surface area contributed by atoms with E-state index in [0.717, 1.165) is 6.42 Å². The highest BCUT2D eigenvalue weighted by molar-refractivity contribution is 8.09. The van der Waals surface area contributed by atoms with Crippen LogP contribution in [0.2, 0.25) is 0 Å². The van der Waals surface area contributed by atoms with Crippen molar-refractivity contribution in [2.24, 2.45) is 0 Å². The van der Waals surface area contributed by atoms with Crippen molar-refractivity contribution in [3.05, 3.63) is 0 Å². The highest BCUT2D eigenvalue weighted by Gasteiger charge is 2.17. The Bertz CT molecular complexity index is 295. The van der Waals surface area contributed by atoms with Crippen molar-refractivity contribution in [3.63, 3.8) is 0 Å². The van der Waals surface area contributed by atoms with E-state index in [9.17, 15) is 4.89 Å². The van der Waals surface area contributed by atoms with Gasteiger partial charge in [0.05, 0.1) is 6.61 Å². The topological polar surface area (TPSA) is 29.5 Å². The molecule has 0 heterocycles. The summed E-state index contributed by atoms with van der Waals surface area (Å²) in [5.74, 6) is 0. The second-order valence-corrected chi connectivity index (χ2v) is 11.1. The number of rotatable bonds is 17. The van der Waals surface area contributed by atoms with Crippen LogP contribution in [0.4, 0.5) is 0 Å². The first kappa shape index (κ1) is 23.6. The van der Waals surface area contributed by atoms with Gasteiger partial charge in [-0.05, 0) is 18.2 Å². The van der Waals surface area contributed by atoms with Gasteiger partial charge < -0.3 is 9.42 Å². The second-order valence-electron chi connectivity index (χ2n) is 7.09. The second kappa shape index (κ2) is 16.1. The zero-order valence-corrected chi connectivity index (χ0v) is 17.6. The predicted molar refractivity (Wildman–Crippen MR) is 108 cm³/mol. The van der Waals surface area contributed by atoms with E-state index in [4.69, 9.17) is 16.3 Å². The minimum absolute atomic E-state index is 0.0733. The average Bonchev–Trinajstić information content (AvgIpc) is 2.51. The lowest BCUT2D eigenvalue weighted by atomic mass is 10.0. The van der Waals surface area contributed by atoms with Gasteiger partial charge in [0.1, 0.15) is 0 Å². The Kier molecular flexibility index (Phi) is 16.5. The molecular weight excluding hydrogens is 323 g/mol. The summed E-state index contributed by atoms with van der Waals surface area (Å²) in [7, 11) is 0. The first-order valence-corrected chi connectivity index (χ1v) is 12.7. The summed E-state index contributed by atoms with van der Waals surface area (Å²) in [4.78, 5) is 9.90. The van der Waals surface area contributed by atoms with E-state index in [1.807, 2.05) is 13.8 Å². The van der Waals surface area contributed by atoms with Crippen LogP contribution in [-0.2, 0) is 16.3 Å². The Balaban J connectivity index is 3.15. The van der Waals surface area contributed by atoms with E-state index in [2.05, 4.69) is 6.92 Å². The zero-order valence-electron chi connectivity index (χ0n) is 15.9. The molecule has 1 N–H and O–H groups in total. The molecular formula is C19H41O2PS. The van der Waals surface area contributed by atoms with E-state index in [-0.39, 0.29) is 5.66 Å². The molecule has 0 aromatic carbocycles. The Morgan fingerprint density at radius 3 is 1.43 bits per heavy atom. The number of hydrogen-bond donors (Lipinski definition) is 1. The van der Waals surface area contributed by atoms with Crippen LogP contribution in [-0.4, -0.2) is 17.2 Å². The molecule has 0 spiro atoms. The van der Waals surface area contributed by atoms with Gasteiger partial charge in [-0.1, -0.05) is 104 Å². The Morgan fingerprint density at radius 1 is 0.739 bits per heavy atom. The smallest absolute Gasteiger partial charge is 0.188 e. The monoisotopic (exact) mass is 364 g/mol. The molecule has 0 aromatic heterocycles. The summed E-state index contributed by atoms with van der Waals surface area (Å²) in [6.45, 7) is 4.26.